The molecular weight excluding hydrogens is 244 g/mol. The summed E-state index contributed by atoms with van der Waals surface area (Å²) >= 11 is 3.24. The Balaban J connectivity index is 1.96. The maximum Gasteiger partial charge on any atom is 0.233 e. The van der Waals surface area contributed by atoms with E-state index in [1.54, 1.807) is 0 Å². The second kappa shape index (κ2) is 6.40. The van der Waals surface area contributed by atoms with Crippen LogP contribution in [0.15, 0.2) is 0 Å². The van der Waals surface area contributed by atoms with Gasteiger partial charge in [-0.2, -0.15) is 0 Å². The molecule has 82 valence electrons. The van der Waals surface area contributed by atoms with Gasteiger partial charge in [0.25, 0.3) is 0 Å². The zero-order valence-corrected chi connectivity index (χ0v) is 10.3. The van der Waals surface area contributed by atoms with E-state index in [0.717, 1.165) is 19.5 Å². The number of likely N-dealkylation sites (tertiary alicyclic amines) is 1. The third kappa shape index (κ3) is 4.42. The number of rotatable bonds is 5. The van der Waals surface area contributed by atoms with Crippen molar-refractivity contribution in [2.24, 2.45) is 0 Å². The highest BCUT2D eigenvalue weighted by Gasteiger charge is 2.11. The van der Waals surface area contributed by atoms with Crippen LogP contribution in [0.5, 0.6) is 0 Å². The van der Waals surface area contributed by atoms with E-state index >= 15 is 0 Å². The highest BCUT2D eigenvalue weighted by atomic mass is 79.9. The SMILES string of the molecule is CC(Br)C(=O)NCCCN1CCCC1. The molecule has 0 aromatic heterocycles. The van der Waals surface area contributed by atoms with Crippen molar-refractivity contribution in [3.63, 3.8) is 0 Å². The fourth-order valence-electron chi connectivity index (χ4n) is 1.66. The molecule has 4 heteroatoms. The monoisotopic (exact) mass is 262 g/mol. The minimum atomic E-state index is -0.0747. The van der Waals surface area contributed by atoms with Gasteiger partial charge in [-0.3, -0.25) is 4.79 Å². The number of halogens is 1. The zero-order valence-electron chi connectivity index (χ0n) is 8.76. The predicted octanol–water partition coefficient (Wildman–Crippen LogP) is 1.37. The van der Waals surface area contributed by atoms with E-state index in [2.05, 4.69) is 26.1 Å². The average molecular weight is 263 g/mol. The summed E-state index contributed by atoms with van der Waals surface area (Å²) in [5.41, 5.74) is 0. The van der Waals surface area contributed by atoms with E-state index in [4.69, 9.17) is 0 Å². The molecule has 0 aromatic rings. The Morgan fingerprint density at radius 2 is 2.14 bits per heavy atom. The van der Waals surface area contributed by atoms with Crippen LogP contribution in [0.2, 0.25) is 0 Å². The molecule has 1 fully saturated rings. The highest BCUT2D eigenvalue weighted by molar-refractivity contribution is 9.10. The minimum Gasteiger partial charge on any atom is -0.355 e. The maximum absolute atomic E-state index is 11.2. The van der Waals surface area contributed by atoms with Gasteiger partial charge < -0.3 is 10.2 Å². The van der Waals surface area contributed by atoms with Crippen molar-refractivity contribution in [1.29, 1.82) is 0 Å². The number of hydrogen-bond acceptors (Lipinski definition) is 2. The van der Waals surface area contributed by atoms with Crippen molar-refractivity contribution in [2.75, 3.05) is 26.2 Å². The van der Waals surface area contributed by atoms with Gasteiger partial charge in [0.1, 0.15) is 0 Å². The first-order chi connectivity index (χ1) is 6.70. The first-order valence-corrected chi connectivity index (χ1v) is 6.26. The average Bonchev–Trinajstić information content (AvgIpc) is 2.64. The Kier molecular flexibility index (Phi) is 5.48. The van der Waals surface area contributed by atoms with Crippen molar-refractivity contribution in [3.8, 4) is 0 Å². The van der Waals surface area contributed by atoms with E-state index < -0.39 is 0 Å². The molecule has 1 rings (SSSR count). The molecule has 0 aliphatic carbocycles. The highest BCUT2D eigenvalue weighted by Crippen LogP contribution is 2.06. The van der Waals surface area contributed by atoms with Gasteiger partial charge >= 0.3 is 0 Å². The van der Waals surface area contributed by atoms with Crippen molar-refractivity contribution in [2.45, 2.75) is 31.0 Å². The molecule has 1 aliphatic heterocycles. The van der Waals surface area contributed by atoms with Gasteiger partial charge in [0, 0.05) is 6.54 Å². The normalized spacial score (nSPS) is 19.6. The lowest BCUT2D eigenvalue weighted by Gasteiger charge is -2.14. The standard InChI is InChI=1S/C10H19BrN2O/c1-9(11)10(14)12-5-4-8-13-6-2-3-7-13/h9H,2-8H2,1H3,(H,12,14). The first kappa shape index (κ1) is 12.0. The summed E-state index contributed by atoms with van der Waals surface area (Å²) in [7, 11) is 0. The number of hydrogen-bond donors (Lipinski definition) is 1. The van der Waals surface area contributed by atoms with Crippen LogP contribution < -0.4 is 5.32 Å². The Morgan fingerprint density at radius 1 is 1.50 bits per heavy atom. The van der Waals surface area contributed by atoms with E-state index in [9.17, 15) is 4.79 Å². The number of nitrogens with one attached hydrogen (secondary N) is 1. The molecule has 1 aliphatic rings. The molecule has 14 heavy (non-hydrogen) atoms. The lowest BCUT2D eigenvalue weighted by atomic mass is 10.3. The number of alkyl halides is 1. The van der Waals surface area contributed by atoms with Gasteiger partial charge in [-0.15, -0.1) is 0 Å². The number of carbonyl (C=O) groups is 1. The Morgan fingerprint density at radius 3 is 2.71 bits per heavy atom. The molecule has 1 atom stereocenters. The van der Waals surface area contributed by atoms with Crippen LogP contribution in [0.4, 0.5) is 0 Å². The molecule has 1 amide bonds. The maximum atomic E-state index is 11.2. The van der Waals surface area contributed by atoms with Gasteiger partial charge in [0.2, 0.25) is 5.91 Å². The summed E-state index contributed by atoms with van der Waals surface area (Å²) in [5, 5.41) is 2.89. The molecule has 0 bridgehead atoms. The van der Waals surface area contributed by atoms with Crippen LogP contribution in [0.3, 0.4) is 0 Å². The molecule has 0 spiro atoms. The summed E-state index contributed by atoms with van der Waals surface area (Å²) in [6.45, 7) is 6.24. The molecule has 1 saturated heterocycles. The van der Waals surface area contributed by atoms with Gasteiger partial charge in [-0.1, -0.05) is 15.9 Å². The Bertz CT molecular complexity index is 179. The third-order valence-electron chi connectivity index (χ3n) is 2.51. The smallest absolute Gasteiger partial charge is 0.233 e. The molecule has 1 heterocycles. The van der Waals surface area contributed by atoms with E-state index in [1.165, 1.54) is 25.9 Å². The topological polar surface area (TPSA) is 32.3 Å². The second-order valence-corrected chi connectivity index (χ2v) is 5.18. The van der Waals surface area contributed by atoms with Crippen LogP contribution >= 0.6 is 15.9 Å². The van der Waals surface area contributed by atoms with Crippen LogP contribution in [0.1, 0.15) is 26.2 Å². The van der Waals surface area contributed by atoms with Crippen LogP contribution in [0.25, 0.3) is 0 Å². The lowest BCUT2D eigenvalue weighted by molar-refractivity contribution is -0.120. The molecule has 1 unspecified atom stereocenters. The first-order valence-electron chi connectivity index (χ1n) is 5.34. The quantitative estimate of drug-likeness (QED) is 0.600. The molecule has 0 radical (unpaired) electrons. The molecule has 0 aromatic carbocycles. The summed E-state index contributed by atoms with van der Waals surface area (Å²) in [4.78, 5) is 13.6. The van der Waals surface area contributed by atoms with Crippen molar-refractivity contribution >= 4 is 21.8 Å². The third-order valence-corrected chi connectivity index (χ3v) is 2.93. The predicted molar refractivity (Wildman–Crippen MR) is 61.7 cm³/mol. The summed E-state index contributed by atoms with van der Waals surface area (Å²) in [5.74, 6) is 0.0893. The van der Waals surface area contributed by atoms with Crippen LogP contribution in [-0.4, -0.2) is 41.8 Å². The van der Waals surface area contributed by atoms with E-state index in [0.29, 0.717) is 0 Å². The fraction of sp³-hybridized carbons (Fsp3) is 0.900. The van der Waals surface area contributed by atoms with Crippen molar-refractivity contribution in [1.82, 2.24) is 10.2 Å². The number of carbonyl (C=O) groups excluding carboxylic acids is 1. The van der Waals surface area contributed by atoms with Gasteiger partial charge in [-0.05, 0) is 45.8 Å². The number of nitrogens with zero attached hydrogens (tertiary/aromatic N) is 1. The van der Waals surface area contributed by atoms with E-state index in [-0.39, 0.29) is 10.7 Å². The summed E-state index contributed by atoms with van der Waals surface area (Å²) in [6, 6.07) is 0. The fourth-order valence-corrected chi connectivity index (χ4v) is 1.82. The van der Waals surface area contributed by atoms with Crippen molar-refractivity contribution < 1.29 is 4.79 Å². The lowest BCUT2D eigenvalue weighted by Crippen LogP contribution is -2.32. The largest absolute Gasteiger partial charge is 0.355 e. The van der Waals surface area contributed by atoms with E-state index in [1.807, 2.05) is 6.92 Å². The second-order valence-electron chi connectivity index (χ2n) is 3.81. The Hall–Kier alpha value is -0.0900. The molecule has 0 saturated carbocycles. The molecule has 1 N–H and O–H groups in total. The summed E-state index contributed by atoms with van der Waals surface area (Å²) in [6.07, 6.45) is 3.74. The van der Waals surface area contributed by atoms with Crippen LogP contribution in [0, 0.1) is 0 Å². The van der Waals surface area contributed by atoms with Gasteiger partial charge in [-0.25, -0.2) is 0 Å². The van der Waals surface area contributed by atoms with Crippen molar-refractivity contribution in [3.05, 3.63) is 0 Å². The molecule has 3 nitrogen and oxygen atoms in total. The zero-order chi connectivity index (χ0) is 10.4. The Labute approximate surface area is 94.4 Å². The van der Waals surface area contributed by atoms with Gasteiger partial charge in [0.05, 0.1) is 4.83 Å². The van der Waals surface area contributed by atoms with Gasteiger partial charge in [0.15, 0.2) is 0 Å². The minimum absolute atomic E-state index is 0.0747. The summed E-state index contributed by atoms with van der Waals surface area (Å²) < 4.78 is 0. The number of amides is 1. The molecular formula is C10H19BrN2O. The van der Waals surface area contributed by atoms with Crippen LogP contribution in [-0.2, 0) is 4.79 Å².